The van der Waals surface area contributed by atoms with Gasteiger partial charge in [-0.15, -0.1) is 0 Å². The van der Waals surface area contributed by atoms with Crippen LogP contribution in [-0.4, -0.2) is 84.1 Å². The Balaban J connectivity index is 1.81. The predicted molar refractivity (Wildman–Crippen MR) is 132 cm³/mol. The molecule has 9 nitrogen and oxygen atoms in total. The highest BCUT2D eigenvalue weighted by atomic mass is 19.1. The lowest BCUT2D eigenvalue weighted by atomic mass is 9.52. The second-order valence-electron chi connectivity index (χ2n) is 10.8. The van der Waals surface area contributed by atoms with Crippen LogP contribution in [0.1, 0.15) is 48.2 Å². The summed E-state index contributed by atoms with van der Waals surface area (Å²) in [6, 6.07) is 0.442. The summed E-state index contributed by atoms with van der Waals surface area (Å²) >= 11 is 0. The first kappa shape index (κ1) is 27.3. The van der Waals surface area contributed by atoms with Crippen LogP contribution in [0.4, 0.5) is 4.39 Å². The van der Waals surface area contributed by atoms with Gasteiger partial charge in [0, 0.05) is 37.1 Å². The van der Waals surface area contributed by atoms with Gasteiger partial charge in [0.15, 0.2) is 17.3 Å². The number of amides is 1. The zero-order valence-corrected chi connectivity index (χ0v) is 22.0. The smallest absolute Gasteiger partial charge is 0.228 e. The molecule has 0 bridgehead atoms. The number of ether oxygens (including phenoxy) is 1. The molecular weight excluding hydrogens is 481 g/mol. The number of phenolic OH excluding ortho intramolecular Hbond substituents is 1. The molecule has 10 heteroatoms. The summed E-state index contributed by atoms with van der Waals surface area (Å²) in [7, 11) is 4.70. The number of phenols is 1. The first-order chi connectivity index (χ1) is 17.4. The quantitative estimate of drug-likeness (QED) is 0.518. The molecule has 4 rings (SSSR count). The van der Waals surface area contributed by atoms with Gasteiger partial charge in [-0.3, -0.25) is 29.0 Å². The lowest BCUT2D eigenvalue weighted by molar-refractivity contribution is -0.182. The van der Waals surface area contributed by atoms with Gasteiger partial charge in [0.2, 0.25) is 5.91 Å². The Morgan fingerprint density at radius 1 is 1.24 bits per heavy atom. The average molecular weight is 518 g/mol. The van der Waals surface area contributed by atoms with Crippen LogP contribution >= 0.6 is 0 Å². The van der Waals surface area contributed by atoms with Crippen molar-refractivity contribution in [2.75, 3.05) is 34.3 Å². The minimum Gasteiger partial charge on any atom is -0.507 e. The van der Waals surface area contributed by atoms with E-state index in [-0.39, 0.29) is 48.5 Å². The monoisotopic (exact) mass is 517 g/mol. The van der Waals surface area contributed by atoms with Crippen molar-refractivity contribution in [3.05, 3.63) is 28.6 Å². The largest absolute Gasteiger partial charge is 0.507 e. The number of aromatic hydroxyl groups is 1. The van der Waals surface area contributed by atoms with Crippen LogP contribution in [0, 0.1) is 29.5 Å². The molecule has 0 heterocycles. The van der Waals surface area contributed by atoms with Crippen molar-refractivity contribution in [1.82, 2.24) is 9.80 Å². The lowest BCUT2D eigenvalue weighted by Gasteiger charge is -2.55. The molecule has 6 atom stereocenters. The van der Waals surface area contributed by atoms with Crippen molar-refractivity contribution in [3.8, 4) is 5.75 Å². The van der Waals surface area contributed by atoms with Crippen LogP contribution in [0.25, 0.3) is 0 Å². The molecule has 0 saturated heterocycles. The summed E-state index contributed by atoms with van der Waals surface area (Å²) in [4.78, 5) is 56.9. The Morgan fingerprint density at radius 2 is 1.89 bits per heavy atom. The third kappa shape index (κ3) is 4.09. The summed E-state index contributed by atoms with van der Waals surface area (Å²) in [6.07, 6.45) is 0.0842. The van der Waals surface area contributed by atoms with Crippen molar-refractivity contribution in [3.63, 3.8) is 0 Å². The molecule has 1 amide bonds. The molecule has 2 fully saturated rings. The van der Waals surface area contributed by atoms with Gasteiger partial charge in [0.1, 0.15) is 23.1 Å². The van der Waals surface area contributed by atoms with Gasteiger partial charge in [0.05, 0.1) is 17.5 Å². The number of Topliss-reactive ketones (excluding diaryl/α,β-unsaturated/α-hetero) is 3. The molecule has 37 heavy (non-hydrogen) atoms. The van der Waals surface area contributed by atoms with E-state index in [2.05, 4.69) is 0 Å². The van der Waals surface area contributed by atoms with E-state index in [0.29, 0.717) is 18.7 Å². The van der Waals surface area contributed by atoms with E-state index in [9.17, 15) is 24.3 Å². The summed E-state index contributed by atoms with van der Waals surface area (Å²) in [6.45, 7) is 5.58. The van der Waals surface area contributed by atoms with E-state index in [1.807, 2.05) is 18.7 Å². The fourth-order valence-electron chi connectivity index (χ4n) is 6.93. The third-order valence-corrected chi connectivity index (χ3v) is 8.81. The van der Waals surface area contributed by atoms with Crippen LogP contribution in [0.15, 0.2) is 6.07 Å². The van der Waals surface area contributed by atoms with Crippen molar-refractivity contribution >= 4 is 23.3 Å². The topological polar surface area (TPSA) is 130 Å². The highest BCUT2D eigenvalue weighted by molar-refractivity contribution is 6.17. The van der Waals surface area contributed by atoms with Gasteiger partial charge in [-0.25, -0.2) is 4.39 Å². The van der Waals surface area contributed by atoms with Gasteiger partial charge in [0.25, 0.3) is 0 Å². The average Bonchev–Trinajstić information content (AvgIpc) is 2.84. The predicted octanol–water partition coefficient (Wildman–Crippen LogP) is 1.32. The molecule has 3 aliphatic carbocycles. The number of carbonyl (C=O) groups is 4. The molecule has 3 N–H and O–H groups in total. The molecule has 3 aliphatic rings. The summed E-state index contributed by atoms with van der Waals surface area (Å²) in [5.41, 5.74) is 4.21. The van der Waals surface area contributed by atoms with E-state index in [1.165, 1.54) is 13.2 Å². The summed E-state index contributed by atoms with van der Waals surface area (Å²) < 4.78 is 21.6. The van der Waals surface area contributed by atoms with Crippen molar-refractivity contribution in [1.29, 1.82) is 0 Å². The van der Waals surface area contributed by atoms with Gasteiger partial charge >= 0.3 is 0 Å². The number of nitrogens with two attached hydrogens (primary N) is 1. The Hall–Kier alpha value is -2.69. The Kier molecular flexibility index (Phi) is 7.31. The maximum Gasteiger partial charge on any atom is 0.228 e. The number of halogens is 1. The van der Waals surface area contributed by atoms with Crippen molar-refractivity contribution in [2.45, 2.75) is 51.3 Å². The number of ketones is 3. The standard InChI is InChI=1S/C27H36FN3O6/c1-6-31(7-2)12-14-10-18(32)20-15(21(14)28)8-13-9-17-22(30(3)4)23(33)16(26(29)36)11-27(17,37-5)25(35)19(13)24(20)34/h10,13,16-17,19,22,32H,6-9,11-12H2,1-5H3,(H2,29,36). The highest BCUT2D eigenvalue weighted by Gasteiger charge is 2.65. The Bertz CT molecular complexity index is 1150. The Labute approximate surface area is 216 Å². The normalized spacial score (nSPS) is 31.4. The van der Waals surface area contributed by atoms with Crippen LogP contribution in [0.2, 0.25) is 0 Å². The molecule has 0 spiro atoms. The second-order valence-corrected chi connectivity index (χ2v) is 10.8. The molecule has 0 aliphatic heterocycles. The molecule has 202 valence electrons. The number of hydrogen-bond donors (Lipinski definition) is 2. The van der Waals surface area contributed by atoms with E-state index in [0.717, 1.165) is 0 Å². The number of nitrogens with zero attached hydrogens (tertiary/aromatic N) is 2. The fraction of sp³-hybridized carbons (Fsp3) is 0.630. The van der Waals surface area contributed by atoms with Crippen molar-refractivity contribution in [2.24, 2.45) is 29.4 Å². The van der Waals surface area contributed by atoms with Gasteiger partial charge in [-0.1, -0.05) is 13.8 Å². The number of rotatable bonds is 7. The first-order valence-corrected chi connectivity index (χ1v) is 12.8. The lowest BCUT2D eigenvalue weighted by Crippen LogP contribution is -2.70. The van der Waals surface area contributed by atoms with E-state index >= 15 is 4.39 Å². The molecule has 0 aromatic heterocycles. The number of primary amides is 1. The molecular formula is C27H36FN3O6. The number of hydrogen-bond acceptors (Lipinski definition) is 8. The highest BCUT2D eigenvalue weighted by Crippen LogP contribution is 2.53. The number of methoxy groups -OCH3 is 1. The molecule has 1 aromatic rings. The zero-order chi connectivity index (χ0) is 27.4. The maximum atomic E-state index is 15.8. The summed E-state index contributed by atoms with van der Waals surface area (Å²) in [5, 5.41) is 10.8. The minimum absolute atomic E-state index is 0.0762. The number of carbonyl (C=O) groups excluding carboxylic acids is 4. The SMILES string of the molecule is CCN(CC)Cc1cc(O)c2c(c1F)CC1CC3C(N(C)C)C(=O)C(C(N)=O)CC3(OC)C(=O)C1C2=O. The van der Waals surface area contributed by atoms with E-state index < -0.39 is 58.6 Å². The van der Waals surface area contributed by atoms with Crippen LogP contribution in [0.5, 0.6) is 5.75 Å². The number of benzene rings is 1. The van der Waals surface area contributed by atoms with Gasteiger partial charge in [-0.05, 0) is 52.0 Å². The van der Waals surface area contributed by atoms with Gasteiger partial charge < -0.3 is 15.6 Å². The zero-order valence-electron chi connectivity index (χ0n) is 22.0. The second kappa shape index (κ2) is 9.89. The molecule has 2 saturated carbocycles. The maximum absolute atomic E-state index is 15.8. The molecule has 6 unspecified atom stereocenters. The van der Waals surface area contributed by atoms with Crippen LogP contribution in [-0.2, 0) is 32.1 Å². The third-order valence-electron chi connectivity index (χ3n) is 8.81. The van der Waals surface area contributed by atoms with E-state index in [1.54, 1.807) is 19.0 Å². The Morgan fingerprint density at radius 3 is 2.43 bits per heavy atom. The fourth-order valence-corrected chi connectivity index (χ4v) is 6.93. The number of fused-ring (bicyclic) bond motifs is 3. The molecule has 0 radical (unpaired) electrons. The van der Waals surface area contributed by atoms with Crippen LogP contribution in [0.3, 0.4) is 0 Å². The first-order valence-electron chi connectivity index (χ1n) is 12.8. The number of likely N-dealkylation sites (N-methyl/N-ethyl adjacent to an activating group) is 1. The van der Waals surface area contributed by atoms with Crippen molar-refractivity contribution < 1.29 is 33.4 Å². The minimum atomic E-state index is -1.58. The summed E-state index contributed by atoms with van der Waals surface area (Å²) in [5.74, 6) is -6.92. The molecule has 1 aromatic carbocycles. The van der Waals surface area contributed by atoms with Gasteiger partial charge in [-0.2, -0.15) is 0 Å². The van der Waals surface area contributed by atoms with E-state index in [4.69, 9.17) is 10.5 Å². The van der Waals surface area contributed by atoms with Crippen LogP contribution < -0.4 is 5.73 Å².